The Morgan fingerprint density at radius 1 is 1.54 bits per heavy atom. The number of aromatic hydroxyl groups is 1. The Bertz CT molecular complexity index is 332. The van der Waals surface area contributed by atoms with Crippen molar-refractivity contribution in [1.82, 2.24) is 5.32 Å². The molecule has 0 amide bonds. The van der Waals surface area contributed by atoms with Gasteiger partial charge in [-0.3, -0.25) is 0 Å². The highest BCUT2D eigenvalue weighted by atomic mass is 16.5. The summed E-state index contributed by atoms with van der Waals surface area (Å²) in [5.74, 6) is 1.19. The van der Waals surface area contributed by atoms with Gasteiger partial charge in [-0.1, -0.05) is 0 Å². The van der Waals surface area contributed by atoms with Crippen LogP contribution in [0.4, 0.5) is 0 Å². The van der Waals surface area contributed by atoms with Crippen molar-refractivity contribution in [1.29, 1.82) is 0 Å². The fourth-order valence-corrected chi connectivity index (χ4v) is 1.44. The van der Waals surface area contributed by atoms with Crippen LogP contribution >= 0.6 is 0 Å². The van der Waals surface area contributed by atoms with E-state index in [4.69, 9.17) is 4.74 Å². The van der Waals surface area contributed by atoms with Gasteiger partial charge in [0.2, 0.25) is 0 Å². The standard InChI is InChI=1S/C10H13NO2/c1-6-3-7(13-2)4-8(10(6)12)9-5-11-9/h3-4,9,11-12H,5H2,1-2H3/t9-/m1/s1. The Hall–Kier alpha value is -1.22. The quantitative estimate of drug-likeness (QED) is 0.674. The number of phenolic OH excluding ortho intramolecular Hbond substituents is 1. The molecule has 0 radical (unpaired) electrons. The Morgan fingerprint density at radius 2 is 2.23 bits per heavy atom. The van der Waals surface area contributed by atoms with Crippen molar-refractivity contribution in [3.8, 4) is 11.5 Å². The molecule has 0 saturated carbocycles. The first-order chi connectivity index (χ1) is 6.22. The SMILES string of the molecule is COc1cc(C)c(O)c([C@H]2CN2)c1. The van der Waals surface area contributed by atoms with E-state index in [0.29, 0.717) is 11.8 Å². The normalized spacial score (nSPS) is 20.0. The number of rotatable bonds is 2. The lowest BCUT2D eigenvalue weighted by Gasteiger charge is -2.08. The number of phenols is 1. The van der Waals surface area contributed by atoms with Gasteiger partial charge in [-0.15, -0.1) is 0 Å². The maximum atomic E-state index is 9.73. The second-order valence-corrected chi connectivity index (χ2v) is 3.34. The smallest absolute Gasteiger partial charge is 0.123 e. The van der Waals surface area contributed by atoms with E-state index in [0.717, 1.165) is 23.4 Å². The molecule has 1 aliphatic rings. The predicted octanol–water partition coefficient (Wildman–Crippen LogP) is 1.35. The Kier molecular flexibility index (Phi) is 1.88. The number of methoxy groups -OCH3 is 1. The molecular formula is C10H13NO2. The number of hydrogen-bond acceptors (Lipinski definition) is 3. The molecule has 3 heteroatoms. The maximum absolute atomic E-state index is 9.73. The number of hydrogen-bond donors (Lipinski definition) is 2. The van der Waals surface area contributed by atoms with Crippen molar-refractivity contribution in [3.63, 3.8) is 0 Å². The molecule has 1 aliphatic heterocycles. The van der Waals surface area contributed by atoms with Crippen molar-refractivity contribution in [2.45, 2.75) is 13.0 Å². The van der Waals surface area contributed by atoms with Gasteiger partial charge >= 0.3 is 0 Å². The average molecular weight is 179 g/mol. The fraction of sp³-hybridized carbons (Fsp3) is 0.400. The van der Waals surface area contributed by atoms with Crippen LogP contribution in [0.3, 0.4) is 0 Å². The molecule has 1 heterocycles. The summed E-state index contributed by atoms with van der Waals surface area (Å²) in [5.41, 5.74) is 1.81. The van der Waals surface area contributed by atoms with Gasteiger partial charge in [0.1, 0.15) is 11.5 Å². The highest BCUT2D eigenvalue weighted by molar-refractivity contribution is 5.48. The summed E-state index contributed by atoms with van der Waals surface area (Å²) in [7, 11) is 1.63. The van der Waals surface area contributed by atoms with E-state index in [1.807, 2.05) is 19.1 Å². The number of nitrogens with one attached hydrogen (secondary N) is 1. The molecule has 1 aromatic rings. The van der Waals surface area contributed by atoms with Gasteiger partial charge in [0, 0.05) is 18.2 Å². The third-order valence-electron chi connectivity index (χ3n) is 2.32. The number of benzene rings is 1. The minimum atomic E-state index is 0.314. The van der Waals surface area contributed by atoms with Gasteiger partial charge in [-0.2, -0.15) is 0 Å². The summed E-state index contributed by atoms with van der Waals surface area (Å²) >= 11 is 0. The third-order valence-corrected chi connectivity index (χ3v) is 2.32. The lowest BCUT2D eigenvalue weighted by atomic mass is 10.1. The predicted molar refractivity (Wildman–Crippen MR) is 50.1 cm³/mol. The molecule has 1 fully saturated rings. The van der Waals surface area contributed by atoms with Crippen molar-refractivity contribution < 1.29 is 9.84 Å². The van der Waals surface area contributed by atoms with Crippen LogP contribution in [0.5, 0.6) is 11.5 Å². The maximum Gasteiger partial charge on any atom is 0.123 e. The minimum absolute atomic E-state index is 0.314. The molecule has 0 bridgehead atoms. The topological polar surface area (TPSA) is 51.4 Å². The molecule has 1 saturated heterocycles. The minimum Gasteiger partial charge on any atom is -0.507 e. The summed E-state index contributed by atoms with van der Waals surface area (Å²) in [6.45, 7) is 2.82. The first-order valence-electron chi connectivity index (χ1n) is 4.33. The van der Waals surface area contributed by atoms with E-state index < -0.39 is 0 Å². The average Bonchev–Trinajstić information content (AvgIpc) is 2.92. The van der Waals surface area contributed by atoms with Crippen LogP contribution in [0.1, 0.15) is 17.2 Å². The lowest BCUT2D eigenvalue weighted by molar-refractivity contribution is 0.409. The van der Waals surface area contributed by atoms with Crippen LogP contribution in [-0.4, -0.2) is 18.8 Å². The number of aryl methyl sites for hydroxylation is 1. The number of ether oxygens (including phenoxy) is 1. The zero-order valence-electron chi connectivity index (χ0n) is 7.79. The Morgan fingerprint density at radius 3 is 2.77 bits per heavy atom. The molecule has 13 heavy (non-hydrogen) atoms. The largest absolute Gasteiger partial charge is 0.507 e. The molecule has 0 unspecified atom stereocenters. The summed E-state index contributed by atoms with van der Waals surface area (Å²) in [6, 6.07) is 4.03. The van der Waals surface area contributed by atoms with Gasteiger partial charge in [0.25, 0.3) is 0 Å². The monoisotopic (exact) mass is 179 g/mol. The van der Waals surface area contributed by atoms with E-state index in [1.54, 1.807) is 7.11 Å². The molecule has 0 spiro atoms. The zero-order valence-corrected chi connectivity index (χ0v) is 7.79. The molecule has 70 valence electrons. The van der Waals surface area contributed by atoms with Gasteiger partial charge in [0.15, 0.2) is 0 Å². The van der Waals surface area contributed by atoms with Crippen LogP contribution in [0.15, 0.2) is 12.1 Å². The van der Waals surface area contributed by atoms with E-state index in [9.17, 15) is 5.11 Å². The van der Waals surface area contributed by atoms with E-state index >= 15 is 0 Å². The molecule has 2 N–H and O–H groups in total. The Labute approximate surface area is 77.3 Å². The third kappa shape index (κ3) is 1.47. The van der Waals surface area contributed by atoms with Gasteiger partial charge in [-0.05, 0) is 24.6 Å². The summed E-state index contributed by atoms with van der Waals surface area (Å²) < 4.78 is 5.13. The first-order valence-corrected chi connectivity index (χ1v) is 4.33. The molecule has 0 aromatic heterocycles. The molecule has 1 aromatic carbocycles. The van der Waals surface area contributed by atoms with E-state index in [2.05, 4.69) is 5.32 Å². The molecule has 3 nitrogen and oxygen atoms in total. The summed E-state index contributed by atoms with van der Waals surface area (Å²) in [6.07, 6.45) is 0. The summed E-state index contributed by atoms with van der Waals surface area (Å²) in [5, 5.41) is 12.9. The van der Waals surface area contributed by atoms with Crippen molar-refractivity contribution >= 4 is 0 Å². The molecule has 2 rings (SSSR count). The second-order valence-electron chi connectivity index (χ2n) is 3.34. The van der Waals surface area contributed by atoms with Gasteiger partial charge in [-0.25, -0.2) is 0 Å². The highest BCUT2D eigenvalue weighted by Gasteiger charge is 2.26. The molecular weight excluding hydrogens is 166 g/mol. The van der Waals surface area contributed by atoms with E-state index in [1.165, 1.54) is 0 Å². The van der Waals surface area contributed by atoms with Crippen LogP contribution in [0.25, 0.3) is 0 Å². The van der Waals surface area contributed by atoms with Crippen molar-refractivity contribution in [2.75, 3.05) is 13.7 Å². The zero-order chi connectivity index (χ0) is 9.42. The van der Waals surface area contributed by atoms with Crippen LogP contribution < -0.4 is 10.1 Å². The first kappa shape index (κ1) is 8.38. The van der Waals surface area contributed by atoms with Crippen LogP contribution in [0, 0.1) is 6.92 Å². The van der Waals surface area contributed by atoms with Crippen molar-refractivity contribution in [3.05, 3.63) is 23.3 Å². The lowest BCUT2D eigenvalue weighted by Crippen LogP contribution is -1.91. The van der Waals surface area contributed by atoms with Gasteiger partial charge < -0.3 is 15.2 Å². The van der Waals surface area contributed by atoms with Crippen LogP contribution in [0.2, 0.25) is 0 Å². The second kappa shape index (κ2) is 2.92. The van der Waals surface area contributed by atoms with Gasteiger partial charge in [0.05, 0.1) is 7.11 Å². The Balaban J connectivity index is 2.46. The van der Waals surface area contributed by atoms with Crippen molar-refractivity contribution in [2.24, 2.45) is 0 Å². The molecule has 0 aliphatic carbocycles. The molecule has 1 atom stereocenters. The van der Waals surface area contributed by atoms with E-state index in [-0.39, 0.29) is 0 Å². The van der Waals surface area contributed by atoms with Crippen LogP contribution in [-0.2, 0) is 0 Å². The highest BCUT2D eigenvalue weighted by Crippen LogP contribution is 2.35. The summed E-state index contributed by atoms with van der Waals surface area (Å²) in [4.78, 5) is 0. The fourth-order valence-electron chi connectivity index (χ4n) is 1.44.